The van der Waals surface area contributed by atoms with E-state index in [0.29, 0.717) is 29.2 Å². The van der Waals surface area contributed by atoms with Gasteiger partial charge in [0.2, 0.25) is 5.91 Å². The number of likely N-dealkylation sites (N-methyl/N-ethyl adjacent to an activating group) is 1. The molecule has 1 N–H and O–H groups in total. The highest BCUT2D eigenvalue weighted by molar-refractivity contribution is 6.02. The zero-order valence-electron chi connectivity index (χ0n) is 22.5. The Labute approximate surface area is 224 Å². The molecule has 200 valence electrons. The number of fused-ring (bicyclic) bond motifs is 1. The fraction of sp³-hybridized carbons (Fsp3) is 0.367. The monoisotopic (exact) mass is 516 g/mol. The summed E-state index contributed by atoms with van der Waals surface area (Å²) in [5.74, 6) is -0.0321. The number of amides is 2. The van der Waals surface area contributed by atoms with Gasteiger partial charge in [-0.3, -0.25) is 19.5 Å². The van der Waals surface area contributed by atoms with Gasteiger partial charge in [0.1, 0.15) is 0 Å². The summed E-state index contributed by atoms with van der Waals surface area (Å²) in [7, 11) is 4.80. The van der Waals surface area contributed by atoms with Crippen LogP contribution in [0.3, 0.4) is 0 Å². The van der Waals surface area contributed by atoms with Crippen LogP contribution in [-0.4, -0.2) is 67.5 Å². The molecule has 2 atom stereocenters. The molecule has 1 aliphatic heterocycles. The van der Waals surface area contributed by atoms with Gasteiger partial charge in [0.05, 0.1) is 26.2 Å². The first kappa shape index (κ1) is 27.1. The zero-order chi connectivity index (χ0) is 27.1. The van der Waals surface area contributed by atoms with E-state index in [1.807, 2.05) is 18.2 Å². The Balaban J connectivity index is 1.55. The van der Waals surface area contributed by atoms with Crippen LogP contribution in [0.15, 0.2) is 67.0 Å². The quantitative estimate of drug-likeness (QED) is 0.388. The lowest BCUT2D eigenvalue weighted by atomic mass is 9.79. The topological polar surface area (TPSA) is 84.0 Å². The number of ether oxygens (including phenoxy) is 2. The van der Waals surface area contributed by atoms with Gasteiger partial charge >= 0.3 is 0 Å². The van der Waals surface area contributed by atoms with Crippen LogP contribution in [0.1, 0.15) is 52.4 Å². The predicted molar refractivity (Wildman–Crippen MR) is 146 cm³/mol. The van der Waals surface area contributed by atoms with Gasteiger partial charge in [-0.05, 0) is 47.9 Å². The summed E-state index contributed by atoms with van der Waals surface area (Å²) in [6.07, 6.45) is 4.20. The summed E-state index contributed by atoms with van der Waals surface area (Å²) >= 11 is 0. The lowest BCUT2D eigenvalue weighted by Crippen LogP contribution is -2.46. The van der Waals surface area contributed by atoms with Crippen molar-refractivity contribution in [3.05, 3.63) is 89.2 Å². The van der Waals surface area contributed by atoms with Crippen LogP contribution in [0.5, 0.6) is 11.5 Å². The summed E-state index contributed by atoms with van der Waals surface area (Å²) in [5, 5.41) is 3.14. The van der Waals surface area contributed by atoms with E-state index in [9.17, 15) is 9.59 Å². The minimum absolute atomic E-state index is 0.141. The van der Waals surface area contributed by atoms with Crippen molar-refractivity contribution in [3.8, 4) is 11.5 Å². The zero-order valence-corrected chi connectivity index (χ0v) is 22.5. The number of carbonyl (C=O) groups excluding carboxylic acids is 2. The fourth-order valence-corrected chi connectivity index (χ4v) is 5.11. The Kier molecular flexibility index (Phi) is 8.97. The van der Waals surface area contributed by atoms with Crippen LogP contribution in [0.2, 0.25) is 0 Å². The lowest BCUT2D eigenvalue weighted by Gasteiger charge is -2.40. The Morgan fingerprint density at radius 2 is 1.82 bits per heavy atom. The summed E-state index contributed by atoms with van der Waals surface area (Å²) in [4.78, 5) is 35.5. The summed E-state index contributed by atoms with van der Waals surface area (Å²) in [6, 6.07) is 17.0. The highest BCUT2D eigenvalue weighted by Crippen LogP contribution is 2.45. The number of benzene rings is 2. The van der Waals surface area contributed by atoms with E-state index >= 15 is 0 Å². The third kappa shape index (κ3) is 5.81. The maximum absolute atomic E-state index is 13.8. The maximum atomic E-state index is 13.8. The van der Waals surface area contributed by atoms with E-state index < -0.39 is 12.0 Å². The molecule has 0 spiro atoms. The van der Waals surface area contributed by atoms with Crippen molar-refractivity contribution in [1.82, 2.24) is 20.1 Å². The molecular formula is C30H36N4O4. The molecular weight excluding hydrogens is 480 g/mol. The van der Waals surface area contributed by atoms with Gasteiger partial charge in [-0.25, -0.2) is 0 Å². The molecule has 3 aromatic rings. The van der Waals surface area contributed by atoms with Gasteiger partial charge in [-0.1, -0.05) is 43.3 Å². The number of aromatic nitrogens is 1. The first-order valence-electron chi connectivity index (χ1n) is 13.0. The third-order valence-corrected chi connectivity index (χ3v) is 7.13. The Morgan fingerprint density at radius 3 is 2.47 bits per heavy atom. The van der Waals surface area contributed by atoms with Crippen molar-refractivity contribution in [2.75, 3.05) is 40.9 Å². The van der Waals surface area contributed by atoms with Gasteiger partial charge in [-0.2, -0.15) is 0 Å². The SMILES string of the molecule is CCN(CCCNC(=O)[C@@H]1c2cc(OC)c(OC)cc2C(=O)N(C)[C@H]1c1cccnc1)Cc1ccccc1. The molecule has 4 rings (SSSR count). The Bertz CT molecular complexity index is 1240. The van der Waals surface area contributed by atoms with Gasteiger partial charge < -0.3 is 19.7 Å². The van der Waals surface area contributed by atoms with Crippen LogP contribution in [-0.2, 0) is 11.3 Å². The minimum Gasteiger partial charge on any atom is -0.493 e. The van der Waals surface area contributed by atoms with Gasteiger partial charge in [0, 0.05) is 44.6 Å². The molecule has 0 bridgehead atoms. The van der Waals surface area contributed by atoms with E-state index in [1.54, 1.807) is 43.6 Å². The van der Waals surface area contributed by atoms with Crippen molar-refractivity contribution >= 4 is 11.8 Å². The van der Waals surface area contributed by atoms with Crippen LogP contribution in [0.4, 0.5) is 0 Å². The molecule has 38 heavy (non-hydrogen) atoms. The largest absolute Gasteiger partial charge is 0.493 e. The molecule has 0 unspecified atom stereocenters. The summed E-state index contributed by atoms with van der Waals surface area (Å²) < 4.78 is 11.0. The molecule has 2 heterocycles. The number of pyridine rings is 1. The number of methoxy groups -OCH3 is 2. The van der Waals surface area contributed by atoms with E-state index in [0.717, 1.165) is 31.6 Å². The van der Waals surface area contributed by atoms with E-state index in [2.05, 4.69) is 46.4 Å². The average molecular weight is 517 g/mol. The van der Waals surface area contributed by atoms with Gasteiger partial charge in [0.15, 0.2) is 11.5 Å². The average Bonchev–Trinajstić information content (AvgIpc) is 2.96. The second kappa shape index (κ2) is 12.6. The van der Waals surface area contributed by atoms with E-state index in [1.165, 1.54) is 12.7 Å². The van der Waals surface area contributed by atoms with Crippen LogP contribution >= 0.6 is 0 Å². The molecule has 0 saturated heterocycles. The Morgan fingerprint density at radius 1 is 1.08 bits per heavy atom. The van der Waals surface area contributed by atoms with Crippen LogP contribution in [0.25, 0.3) is 0 Å². The van der Waals surface area contributed by atoms with E-state index in [4.69, 9.17) is 9.47 Å². The molecule has 2 aromatic carbocycles. The van der Waals surface area contributed by atoms with Gasteiger partial charge in [0.25, 0.3) is 5.91 Å². The maximum Gasteiger partial charge on any atom is 0.254 e. The Hall–Kier alpha value is -3.91. The summed E-state index contributed by atoms with van der Waals surface area (Å²) in [6.45, 7) is 5.34. The number of nitrogens with zero attached hydrogens (tertiary/aromatic N) is 3. The first-order chi connectivity index (χ1) is 18.5. The minimum atomic E-state index is -0.636. The fourth-order valence-electron chi connectivity index (χ4n) is 5.11. The summed E-state index contributed by atoms with van der Waals surface area (Å²) in [5.41, 5.74) is 3.12. The lowest BCUT2D eigenvalue weighted by molar-refractivity contribution is -0.124. The molecule has 8 heteroatoms. The van der Waals surface area contributed by atoms with Crippen molar-refractivity contribution in [2.45, 2.75) is 31.8 Å². The van der Waals surface area contributed by atoms with Crippen molar-refractivity contribution < 1.29 is 19.1 Å². The van der Waals surface area contributed by atoms with Crippen molar-refractivity contribution in [2.24, 2.45) is 0 Å². The van der Waals surface area contributed by atoms with E-state index in [-0.39, 0.29) is 11.8 Å². The molecule has 0 radical (unpaired) electrons. The van der Waals surface area contributed by atoms with Crippen molar-refractivity contribution in [3.63, 3.8) is 0 Å². The molecule has 0 aliphatic carbocycles. The number of nitrogens with one attached hydrogen (secondary N) is 1. The van der Waals surface area contributed by atoms with Crippen LogP contribution < -0.4 is 14.8 Å². The normalized spacial score (nSPS) is 16.8. The number of hydrogen-bond acceptors (Lipinski definition) is 6. The third-order valence-electron chi connectivity index (χ3n) is 7.13. The molecule has 1 aliphatic rings. The molecule has 2 amide bonds. The smallest absolute Gasteiger partial charge is 0.254 e. The highest BCUT2D eigenvalue weighted by Gasteiger charge is 2.43. The molecule has 0 fully saturated rings. The second-order valence-electron chi connectivity index (χ2n) is 9.42. The number of rotatable bonds is 11. The number of hydrogen-bond donors (Lipinski definition) is 1. The molecule has 0 saturated carbocycles. The first-order valence-corrected chi connectivity index (χ1v) is 13.0. The molecule has 8 nitrogen and oxygen atoms in total. The number of carbonyl (C=O) groups is 2. The predicted octanol–water partition coefficient (Wildman–Crippen LogP) is 4.04. The second-order valence-corrected chi connectivity index (χ2v) is 9.42. The highest BCUT2D eigenvalue weighted by atomic mass is 16.5. The van der Waals surface area contributed by atoms with Gasteiger partial charge in [-0.15, -0.1) is 0 Å². The standard InChI is InChI=1S/C30H36N4O4/c1-5-34(20-21-11-7-6-8-12-21)16-10-15-32-29(35)27-23-17-25(37-3)26(38-4)18-24(23)30(36)33(2)28(27)22-13-9-14-31-19-22/h6-9,11-14,17-19,27-28H,5,10,15-16,20H2,1-4H3,(H,32,35)/t27-,28+/m1/s1. The van der Waals surface area contributed by atoms with Crippen molar-refractivity contribution in [1.29, 1.82) is 0 Å². The molecule has 1 aromatic heterocycles. The van der Waals surface area contributed by atoms with Crippen LogP contribution in [0, 0.1) is 0 Å².